The molecule has 0 saturated heterocycles. The number of sulfone groups is 1. The lowest BCUT2D eigenvalue weighted by Gasteiger charge is -2.01. The summed E-state index contributed by atoms with van der Waals surface area (Å²) >= 11 is 0. The van der Waals surface area contributed by atoms with Crippen LogP contribution in [0.3, 0.4) is 0 Å². The molecule has 6 nitrogen and oxygen atoms in total. The van der Waals surface area contributed by atoms with Crippen LogP contribution in [-0.2, 0) is 21.2 Å². The quantitative estimate of drug-likeness (QED) is 0.901. The Morgan fingerprint density at radius 1 is 1.35 bits per heavy atom. The Bertz CT molecular complexity index is 734. The maximum Gasteiger partial charge on any atom is 0.305 e. The lowest BCUT2D eigenvalue weighted by molar-refractivity contribution is -0.137. The van der Waals surface area contributed by atoms with Crippen LogP contribution in [0.25, 0.3) is 11.1 Å². The summed E-state index contributed by atoms with van der Waals surface area (Å²) in [5.74, 6) is -0.888. The molecule has 1 heterocycles. The summed E-state index contributed by atoms with van der Waals surface area (Å²) in [6.45, 7) is 0.279. The third-order valence-electron chi connectivity index (χ3n) is 2.78. The summed E-state index contributed by atoms with van der Waals surface area (Å²) in [5.41, 5.74) is 1.48. The fourth-order valence-corrected chi connectivity index (χ4v) is 2.42. The molecule has 0 unspecified atom stereocenters. The number of carboxylic acid groups (broad SMARTS) is 1. The van der Waals surface area contributed by atoms with Crippen molar-refractivity contribution in [2.45, 2.75) is 17.9 Å². The second-order valence-electron chi connectivity index (χ2n) is 4.44. The summed E-state index contributed by atoms with van der Waals surface area (Å²) in [4.78, 5) is 10.7. The summed E-state index contributed by atoms with van der Waals surface area (Å²) < 4.78 is 24.6. The van der Waals surface area contributed by atoms with E-state index in [0.29, 0.717) is 0 Å². The fraction of sp³-hybridized carbons (Fsp3) is 0.231. The van der Waals surface area contributed by atoms with Gasteiger partial charge in [-0.05, 0) is 17.7 Å². The van der Waals surface area contributed by atoms with Crippen LogP contribution in [-0.4, -0.2) is 35.5 Å². The van der Waals surface area contributed by atoms with Gasteiger partial charge in [0.25, 0.3) is 0 Å². The summed E-state index contributed by atoms with van der Waals surface area (Å²) in [5, 5.41) is 12.7. The van der Waals surface area contributed by atoms with E-state index in [1.807, 2.05) is 0 Å². The van der Waals surface area contributed by atoms with E-state index in [1.165, 1.54) is 10.7 Å². The maximum absolute atomic E-state index is 11.5. The van der Waals surface area contributed by atoms with Crippen LogP contribution in [0.5, 0.6) is 0 Å². The molecule has 0 aliphatic heterocycles. The van der Waals surface area contributed by atoms with E-state index in [0.717, 1.165) is 17.4 Å². The molecular weight excluding hydrogens is 280 g/mol. The number of benzene rings is 1. The highest BCUT2D eigenvalue weighted by Gasteiger charge is 2.09. The molecule has 1 N–H and O–H groups in total. The molecular formula is C13H14N2O4S. The SMILES string of the molecule is CS(=O)(=O)c1cccc(-c2cnn(CCC(=O)O)c2)c1. The van der Waals surface area contributed by atoms with E-state index in [9.17, 15) is 13.2 Å². The molecule has 0 spiro atoms. The van der Waals surface area contributed by atoms with Crippen LogP contribution in [0.15, 0.2) is 41.6 Å². The largest absolute Gasteiger partial charge is 0.481 e. The van der Waals surface area contributed by atoms with Crippen molar-refractivity contribution < 1.29 is 18.3 Å². The Labute approximate surface area is 116 Å². The smallest absolute Gasteiger partial charge is 0.305 e. The molecule has 0 amide bonds. The molecule has 2 aromatic rings. The van der Waals surface area contributed by atoms with Crippen molar-refractivity contribution in [1.29, 1.82) is 0 Å². The van der Waals surface area contributed by atoms with E-state index in [-0.39, 0.29) is 17.9 Å². The van der Waals surface area contributed by atoms with Gasteiger partial charge >= 0.3 is 5.97 Å². The highest BCUT2D eigenvalue weighted by molar-refractivity contribution is 7.90. The van der Waals surface area contributed by atoms with Crippen LogP contribution in [0.4, 0.5) is 0 Å². The van der Waals surface area contributed by atoms with Crippen molar-refractivity contribution in [3.05, 3.63) is 36.7 Å². The van der Waals surface area contributed by atoms with Crippen molar-refractivity contribution in [1.82, 2.24) is 9.78 Å². The Morgan fingerprint density at radius 2 is 2.10 bits per heavy atom. The number of rotatable bonds is 5. The Balaban J connectivity index is 2.26. The molecule has 2 rings (SSSR count). The van der Waals surface area contributed by atoms with Gasteiger partial charge in [-0.2, -0.15) is 5.10 Å². The minimum Gasteiger partial charge on any atom is -0.481 e. The van der Waals surface area contributed by atoms with E-state index in [1.54, 1.807) is 30.6 Å². The summed E-state index contributed by atoms with van der Waals surface area (Å²) in [6.07, 6.45) is 4.43. The first-order valence-corrected chi connectivity index (χ1v) is 7.80. The Morgan fingerprint density at radius 3 is 2.75 bits per heavy atom. The highest BCUT2D eigenvalue weighted by atomic mass is 32.2. The van der Waals surface area contributed by atoms with Gasteiger partial charge in [0.15, 0.2) is 9.84 Å². The highest BCUT2D eigenvalue weighted by Crippen LogP contribution is 2.22. The third kappa shape index (κ3) is 3.45. The standard InChI is InChI=1S/C13H14N2O4S/c1-20(18,19)12-4-2-3-10(7-12)11-8-14-15(9-11)6-5-13(16)17/h2-4,7-9H,5-6H2,1H3,(H,16,17). The molecule has 1 aromatic heterocycles. The number of nitrogens with zero attached hydrogens (tertiary/aromatic N) is 2. The molecule has 0 saturated carbocycles. The van der Waals surface area contributed by atoms with Crippen LogP contribution in [0, 0.1) is 0 Å². The lowest BCUT2D eigenvalue weighted by Crippen LogP contribution is -2.04. The predicted octanol–water partition coefficient (Wildman–Crippen LogP) is 1.43. The van der Waals surface area contributed by atoms with Crippen molar-refractivity contribution in [3.8, 4) is 11.1 Å². The van der Waals surface area contributed by atoms with Crippen molar-refractivity contribution in [3.63, 3.8) is 0 Å². The topological polar surface area (TPSA) is 89.3 Å². The van der Waals surface area contributed by atoms with Gasteiger partial charge in [-0.15, -0.1) is 0 Å². The van der Waals surface area contributed by atoms with Gasteiger partial charge in [0, 0.05) is 18.0 Å². The Kier molecular flexibility index (Phi) is 3.89. The van der Waals surface area contributed by atoms with Crippen molar-refractivity contribution in [2.24, 2.45) is 0 Å². The van der Waals surface area contributed by atoms with Crippen LogP contribution in [0.1, 0.15) is 6.42 Å². The van der Waals surface area contributed by atoms with E-state index in [4.69, 9.17) is 5.11 Å². The maximum atomic E-state index is 11.5. The molecule has 0 atom stereocenters. The van der Waals surface area contributed by atoms with Gasteiger partial charge in [-0.3, -0.25) is 9.48 Å². The zero-order valence-corrected chi connectivity index (χ0v) is 11.7. The minimum absolute atomic E-state index is 0.00943. The first-order chi connectivity index (χ1) is 9.36. The van der Waals surface area contributed by atoms with Crippen molar-refractivity contribution in [2.75, 3.05) is 6.26 Å². The summed E-state index contributed by atoms with van der Waals surface area (Å²) in [7, 11) is -3.25. The fourth-order valence-electron chi connectivity index (χ4n) is 1.75. The molecule has 0 fully saturated rings. The first-order valence-electron chi connectivity index (χ1n) is 5.91. The van der Waals surface area contributed by atoms with Gasteiger partial charge in [0.1, 0.15) is 0 Å². The molecule has 7 heteroatoms. The average molecular weight is 294 g/mol. The minimum atomic E-state index is -3.25. The molecule has 0 aliphatic rings. The average Bonchev–Trinajstić information content (AvgIpc) is 2.84. The van der Waals surface area contributed by atoms with Gasteiger partial charge < -0.3 is 5.11 Å². The third-order valence-corrected chi connectivity index (χ3v) is 3.89. The molecule has 0 aliphatic carbocycles. The molecule has 20 heavy (non-hydrogen) atoms. The number of aryl methyl sites for hydroxylation is 1. The molecule has 0 radical (unpaired) electrons. The van der Waals surface area contributed by atoms with E-state index in [2.05, 4.69) is 5.10 Å². The molecule has 0 bridgehead atoms. The van der Waals surface area contributed by atoms with Crippen LogP contribution >= 0.6 is 0 Å². The predicted molar refractivity (Wildman–Crippen MR) is 73.0 cm³/mol. The molecule has 106 valence electrons. The van der Waals surface area contributed by atoms with Gasteiger partial charge in [0.2, 0.25) is 0 Å². The first kappa shape index (κ1) is 14.3. The normalized spacial score (nSPS) is 11.4. The van der Waals surface area contributed by atoms with Crippen LogP contribution < -0.4 is 0 Å². The van der Waals surface area contributed by atoms with Gasteiger partial charge in [-0.25, -0.2) is 8.42 Å². The van der Waals surface area contributed by atoms with Gasteiger partial charge in [-0.1, -0.05) is 12.1 Å². The number of hydrogen-bond donors (Lipinski definition) is 1. The van der Waals surface area contributed by atoms with E-state index >= 15 is 0 Å². The Hall–Kier alpha value is -2.15. The van der Waals surface area contributed by atoms with Crippen LogP contribution in [0.2, 0.25) is 0 Å². The second-order valence-corrected chi connectivity index (χ2v) is 6.45. The zero-order chi connectivity index (χ0) is 14.8. The number of hydrogen-bond acceptors (Lipinski definition) is 4. The van der Waals surface area contributed by atoms with Crippen molar-refractivity contribution >= 4 is 15.8 Å². The number of aromatic nitrogens is 2. The number of carboxylic acids is 1. The van der Waals surface area contributed by atoms with Gasteiger partial charge in [0.05, 0.1) is 24.1 Å². The second kappa shape index (κ2) is 5.46. The zero-order valence-electron chi connectivity index (χ0n) is 10.9. The van der Waals surface area contributed by atoms with E-state index < -0.39 is 15.8 Å². The number of aliphatic carboxylic acids is 1. The number of carbonyl (C=O) groups is 1. The molecule has 1 aromatic carbocycles. The lowest BCUT2D eigenvalue weighted by atomic mass is 10.1. The summed E-state index contributed by atoms with van der Waals surface area (Å²) in [6, 6.07) is 6.56. The monoisotopic (exact) mass is 294 g/mol.